The molecule has 5 nitrogen and oxygen atoms in total. The van der Waals surface area contributed by atoms with Crippen molar-refractivity contribution >= 4 is 11.9 Å². The molecule has 0 aliphatic carbocycles. The van der Waals surface area contributed by atoms with Gasteiger partial charge in [0.15, 0.2) is 0 Å². The van der Waals surface area contributed by atoms with Crippen molar-refractivity contribution in [3.63, 3.8) is 0 Å². The number of rotatable bonds is 3. The highest BCUT2D eigenvalue weighted by Crippen LogP contribution is 2.37. The first kappa shape index (κ1) is 15.0. The van der Waals surface area contributed by atoms with E-state index in [9.17, 15) is 9.59 Å². The molecule has 2 fully saturated rings. The number of nitrogens with zero attached hydrogens (tertiary/aromatic N) is 1. The minimum absolute atomic E-state index is 0.0750. The number of allylic oxidation sites excluding steroid dienone is 1. The predicted molar refractivity (Wildman–Crippen MR) is 74.1 cm³/mol. The van der Waals surface area contributed by atoms with Crippen LogP contribution in [0.5, 0.6) is 0 Å². The summed E-state index contributed by atoms with van der Waals surface area (Å²) in [7, 11) is 2.05. The molecule has 0 saturated carbocycles. The van der Waals surface area contributed by atoms with Crippen molar-refractivity contribution in [3.05, 3.63) is 11.6 Å². The molecule has 20 heavy (non-hydrogen) atoms. The van der Waals surface area contributed by atoms with Crippen LogP contribution in [0.2, 0.25) is 0 Å². The standard InChI is InChI=1S/C15H23NO4/c1-5-9(2)15(18)20-12-6-11-7-14(19-10(3)17)13(8-12)16(11)4/h5,11-14H,6-8H2,1-4H3/b9-5+/t11-,12-,13+,14-/m1/s1. The van der Waals surface area contributed by atoms with Crippen molar-refractivity contribution < 1.29 is 19.1 Å². The summed E-state index contributed by atoms with van der Waals surface area (Å²) in [5.41, 5.74) is 0.632. The van der Waals surface area contributed by atoms with Crippen LogP contribution in [0.3, 0.4) is 0 Å². The van der Waals surface area contributed by atoms with Gasteiger partial charge in [-0.1, -0.05) is 6.08 Å². The molecular weight excluding hydrogens is 258 g/mol. The molecule has 0 aromatic heterocycles. The molecule has 0 aromatic carbocycles. The fourth-order valence-corrected chi connectivity index (χ4v) is 3.17. The molecule has 4 atom stereocenters. The van der Waals surface area contributed by atoms with Crippen molar-refractivity contribution in [2.75, 3.05) is 7.05 Å². The summed E-state index contributed by atoms with van der Waals surface area (Å²) in [4.78, 5) is 25.2. The topological polar surface area (TPSA) is 55.8 Å². The second-order valence-electron chi connectivity index (χ2n) is 5.74. The smallest absolute Gasteiger partial charge is 0.333 e. The third kappa shape index (κ3) is 3.03. The summed E-state index contributed by atoms with van der Waals surface area (Å²) >= 11 is 0. The highest BCUT2D eigenvalue weighted by Gasteiger charge is 2.47. The van der Waals surface area contributed by atoms with Gasteiger partial charge in [-0.25, -0.2) is 4.79 Å². The van der Waals surface area contributed by atoms with Crippen molar-refractivity contribution in [3.8, 4) is 0 Å². The fourth-order valence-electron chi connectivity index (χ4n) is 3.17. The van der Waals surface area contributed by atoms with E-state index in [1.165, 1.54) is 6.92 Å². The Morgan fingerprint density at radius 3 is 2.45 bits per heavy atom. The Hall–Kier alpha value is -1.36. The Bertz CT molecular complexity index is 432. The van der Waals surface area contributed by atoms with E-state index in [0.717, 1.165) is 19.3 Å². The molecule has 0 amide bonds. The van der Waals surface area contributed by atoms with Gasteiger partial charge < -0.3 is 9.47 Å². The highest BCUT2D eigenvalue weighted by atomic mass is 16.6. The van der Waals surface area contributed by atoms with E-state index in [1.807, 2.05) is 14.0 Å². The molecule has 2 rings (SSSR count). The van der Waals surface area contributed by atoms with Crippen molar-refractivity contribution in [1.82, 2.24) is 4.90 Å². The quantitative estimate of drug-likeness (QED) is 0.582. The van der Waals surface area contributed by atoms with E-state index < -0.39 is 0 Å². The Balaban J connectivity index is 1.99. The van der Waals surface area contributed by atoms with E-state index in [2.05, 4.69) is 4.90 Å². The van der Waals surface area contributed by atoms with Gasteiger partial charge in [0.2, 0.25) is 0 Å². The van der Waals surface area contributed by atoms with Gasteiger partial charge in [-0.15, -0.1) is 0 Å². The maximum atomic E-state index is 11.8. The van der Waals surface area contributed by atoms with Gasteiger partial charge >= 0.3 is 11.9 Å². The lowest BCUT2D eigenvalue weighted by Gasteiger charge is -2.36. The Kier molecular flexibility index (Phi) is 4.48. The predicted octanol–water partition coefficient (Wildman–Crippen LogP) is 1.66. The molecule has 0 spiro atoms. The zero-order valence-electron chi connectivity index (χ0n) is 12.6. The van der Waals surface area contributed by atoms with Crippen molar-refractivity contribution in [1.29, 1.82) is 0 Å². The Morgan fingerprint density at radius 1 is 1.15 bits per heavy atom. The van der Waals surface area contributed by atoms with E-state index in [-0.39, 0.29) is 30.2 Å². The van der Waals surface area contributed by atoms with Gasteiger partial charge in [0.25, 0.3) is 0 Å². The number of hydrogen-bond acceptors (Lipinski definition) is 5. The normalized spacial score (nSPS) is 33.9. The summed E-state index contributed by atoms with van der Waals surface area (Å²) in [5, 5.41) is 0. The average Bonchev–Trinajstić information content (AvgIpc) is 2.58. The van der Waals surface area contributed by atoms with Crippen LogP contribution < -0.4 is 0 Å². The van der Waals surface area contributed by atoms with Crippen LogP contribution in [-0.4, -0.2) is 48.2 Å². The van der Waals surface area contributed by atoms with E-state index in [4.69, 9.17) is 9.47 Å². The van der Waals surface area contributed by atoms with Gasteiger partial charge in [0.1, 0.15) is 12.2 Å². The molecule has 2 saturated heterocycles. The Labute approximate surface area is 119 Å². The number of carbonyl (C=O) groups excluding carboxylic acids is 2. The maximum Gasteiger partial charge on any atom is 0.333 e. The number of likely N-dealkylation sites (N-methyl/N-ethyl adjacent to an activating group) is 1. The molecule has 0 aromatic rings. The molecule has 0 radical (unpaired) electrons. The number of fused-ring (bicyclic) bond motifs is 2. The number of carbonyl (C=O) groups is 2. The molecule has 2 aliphatic heterocycles. The zero-order valence-corrected chi connectivity index (χ0v) is 12.6. The number of ether oxygens (including phenoxy) is 2. The summed E-state index contributed by atoms with van der Waals surface area (Å²) in [6, 6.07) is 0.475. The first-order valence-electron chi connectivity index (χ1n) is 7.15. The number of esters is 2. The third-order valence-corrected chi connectivity index (χ3v) is 4.42. The van der Waals surface area contributed by atoms with Crippen LogP contribution in [0.1, 0.15) is 40.0 Å². The van der Waals surface area contributed by atoms with Crippen LogP contribution in [-0.2, 0) is 19.1 Å². The zero-order chi connectivity index (χ0) is 14.9. The molecule has 5 heteroatoms. The number of hydrogen-bond donors (Lipinski definition) is 0. The third-order valence-electron chi connectivity index (χ3n) is 4.42. The number of piperidine rings is 1. The van der Waals surface area contributed by atoms with Crippen LogP contribution in [0.25, 0.3) is 0 Å². The van der Waals surface area contributed by atoms with Crippen molar-refractivity contribution in [2.45, 2.75) is 64.3 Å². The van der Waals surface area contributed by atoms with E-state index >= 15 is 0 Å². The van der Waals surface area contributed by atoms with Crippen LogP contribution in [0, 0.1) is 0 Å². The summed E-state index contributed by atoms with van der Waals surface area (Å²) in [5.74, 6) is -0.486. The molecule has 0 N–H and O–H groups in total. The monoisotopic (exact) mass is 281 g/mol. The van der Waals surface area contributed by atoms with Gasteiger partial charge in [-0.3, -0.25) is 9.69 Å². The van der Waals surface area contributed by atoms with Crippen LogP contribution >= 0.6 is 0 Å². The summed E-state index contributed by atoms with van der Waals surface area (Å²) in [6.07, 6.45) is 3.98. The second-order valence-corrected chi connectivity index (χ2v) is 5.74. The SMILES string of the molecule is C/C=C(\C)C(=O)O[C@@H]1C[C@@H]2C[C@@H](OC(C)=O)[C@H](C1)N2C. The van der Waals surface area contributed by atoms with Crippen LogP contribution in [0.15, 0.2) is 11.6 Å². The molecule has 112 valence electrons. The Morgan fingerprint density at radius 2 is 1.85 bits per heavy atom. The largest absolute Gasteiger partial charge is 0.461 e. The second kappa shape index (κ2) is 5.95. The van der Waals surface area contributed by atoms with Crippen molar-refractivity contribution in [2.24, 2.45) is 0 Å². The first-order valence-corrected chi connectivity index (χ1v) is 7.15. The lowest BCUT2D eigenvalue weighted by atomic mass is 10.00. The lowest BCUT2D eigenvalue weighted by molar-refractivity contribution is -0.152. The van der Waals surface area contributed by atoms with E-state index in [1.54, 1.807) is 13.0 Å². The van der Waals surface area contributed by atoms with Gasteiger partial charge in [-0.2, -0.15) is 0 Å². The minimum atomic E-state index is -0.245. The van der Waals surface area contributed by atoms with Gasteiger partial charge in [0, 0.05) is 37.8 Å². The van der Waals surface area contributed by atoms with Gasteiger partial charge in [-0.05, 0) is 20.9 Å². The molecular formula is C15H23NO4. The molecule has 2 aliphatic rings. The average molecular weight is 281 g/mol. The molecule has 0 unspecified atom stereocenters. The van der Waals surface area contributed by atoms with Gasteiger partial charge in [0.05, 0.1) is 6.04 Å². The summed E-state index contributed by atoms with van der Waals surface area (Å²) in [6.45, 7) is 5.02. The maximum absolute atomic E-state index is 11.8. The highest BCUT2D eigenvalue weighted by molar-refractivity contribution is 5.87. The molecule has 2 bridgehead atoms. The molecule has 2 heterocycles. The first-order chi connectivity index (χ1) is 9.42. The minimum Gasteiger partial charge on any atom is -0.461 e. The summed E-state index contributed by atoms with van der Waals surface area (Å²) < 4.78 is 10.9. The van der Waals surface area contributed by atoms with E-state index in [0.29, 0.717) is 11.6 Å². The fraction of sp³-hybridized carbons (Fsp3) is 0.733. The lowest BCUT2D eigenvalue weighted by Crippen LogP contribution is -2.46. The van der Waals surface area contributed by atoms with Crippen LogP contribution in [0.4, 0.5) is 0 Å².